The highest BCUT2D eigenvalue weighted by atomic mass is 16.4. The van der Waals surface area contributed by atoms with Crippen LogP contribution in [0, 0.1) is 0 Å². The summed E-state index contributed by atoms with van der Waals surface area (Å²) < 4.78 is 0. The van der Waals surface area contributed by atoms with Crippen molar-refractivity contribution in [1.29, 1.82) is 0 Å². The zero-order chi connectivity index (χ0) is 14.0. The molecule has 2 fully saturated rings. The van der Waals surface area contributed by atoms with E-state index in [2.05, 4.69) is 17.3 Å². The summed E-state index contributed by atoms with van der Waals surface area (Å²) >= 11 is 0. The van der Waals surface area contributed by atoms with Crippen molar-refractivity contribution in [1.82, 2.24) is 15.1 Å². The van der Waals surface area contributed by atoms with Crippen LogP contribution in [0.4, 0.5) is 0 Å². The van der Waals surface area contributed by atoms with Gasteiger partial charge in [-0.15, -0.1) is 0 Å². The third kappa shape index (κ3) is 6.93. The quantitative estimate of drug-likeness (QED) is 0.726. The number of hydrogen-bond donors (Lipinski definition) is 2. The van der Waals surface area contributed by atoms with Gasteiger partial charge in [0.1, 0.15) is 6.04 Å². The molecular formula is C13H29N3O2. The molecule has 0 aromatic heterocycles. The van der Waals surface area contributed by atoms with Crippen LogP contribution in [-0.4, -0.2) is 73.7 Å². The van der Waals surface area contributed by atoms with Crippen LogP contribution in [0.5, 0.6) is 0 Å². The van der Waals surface area contributed by atoms with Crippen LogP contribution in [0.3, 0.4) is 0 Å². The first kappa shape index (κ1) is 17.4. The summed E-state index contributed by atoms with van der Waals surface area (Å²) in [6, 6.07) is -0.218. The Balaban J connectivity index is 0.000000289. The number of nitrogens with one attached hydrogen (secondary N) is 1. The number of carboxylic acid groups (broad SMARTS) is 1. The van der Waals surface area contributed by atoms with Gasteiger partial charge in [-0.1, -0.05) is 13.8 Å². The lowest BCUT2D eigenvalue weighted by Crippen LogP contribution is -2.40. The van der Waals surface area contributed by atoms with Crippen LogP contribution in [-0.2, 0) is 4.79 Å². The highest BCUT2D eigenvalue weighted by Gasteiger charge is 2.26. The number of carboxylic acids is 1. The van der Waals surface area contributed by atoms with E-state index in [4.69, 9.17) is 5.11 Å². The second-order valence-electron chi connectivity index (χ2n) is 4.53. The Morgan fingerprint density at radius 1 is 1.17 bits per heavy atom. The second-order valence-corrected chi connectivity index (χ2v) is 4.53. The van der Waals surface area contributed by atoms with E-state index in [1.54, 1.807) is 0 Å². The summed E-state index contributed by atoms with van der Waals surface area (Å²) in [6.45, 7) is 9.67. The van der Waals surface area contributed by atoms with Crippen molar-refractivity contribution in [3.63, 3.8) is 0 Å². The van der Waals surface area contributed by atoms with E-state index in [9.17, 15) is 4.79 Å². The van der Waals surface area contributed by atoms with E-state index in [1.807, 2.05) is 25.8 Å². The molecule has 5 heteroatoms. The molecule has 0 amide bonds. The van der Waals surface area contributed by atoms with Gasteiger partial charge in [-0.3, -0.25) is 9.69 Å². The largest absolute Gasteiger partial charge is 0.480 e. The van der Waals surface area contributed by atoms with Crippen molar-refractivity contribution >= 4 is 5.97 Å². The number of nitrogens with zero attached hydrogens (tertiary/aromatic N) is 2. The van der Waals surface area contributed by atoms with Gasteiger partial charge in [0.05, 0.1) is 0 Å². The third-order valence-electron chi connectivity index (χ3n) is 3.15. The lowest BCUT2D eigenvalue weighted by molar-refractivity contribution is -0.141. The van der Waals surface area contributed by atoms with E-state index in [0.29, 0.717) is 0 Å². The number of carbonyl (C=O) groups is 1. The molecule has 2 aliphatic heterocycles. The summed E-state index contributed by atoms with van der Waals surface area (Å²) in [5.74, 6) is -0.685. The maximum absolute atomic E-state index is 10.4. The molecule has 18 heavy (non-hydrogen) atoms. The predicted octanol–water partition coefficient (Wildman–Crippen LogP) is 0.713. The van der Waals surface area contributed by atoms with Crippen LogP contribution in [0.2, 0.25) is 0 Å². The minimum Gasteiger partial charge on any atom is -0.480 e. The molecule has 1 atom stereocenters. The van der Waals surface area contributed by atoms with Gasteiger partial charge in [0.15, 0.2) is 0 Å². The number of hydrogen-bond acceptors (Lipinski definition) is 4. The van der Waals surface area contributed by atoms with Crippen LogP contribution < -0.4 is 5.32 Å². The van der Waals surface area contributed by atoms with E-state index in [-0.39, 0.29) is 6.04 Å². The fraction of sp³-hybridized carbons (Fsp3) is 0.923. The summed E-state index contributed by atoms with van der Waals surface area (Å²) in [6.07, 6.45) is 1.83. The smallest absolute Gasteiger partial charge is 0.320 e. The molecule has 2 heterocycles. The Morgan fingerprint density at radius 3 is 1.94 bits per heavy atom. The number of rotatable bonds is 1. The van der Waals surface area contributed by atoms with Crippen LogP contribution >= 0.6 is 0 Å². The number of aliphatic carboxylic acids is 1. The highest BCUT2D eigenvalue weighted by Crippen LogP contribution is 2.13. The molecule has 0 radical (unpaired) electrons. The minimum absolute atomic E-state index is 0.218. The summed E-state index contributed by atoms with van der Waals surface area (Å²) in [7, 11) is 4.01. The molecule has 0 bridgehead atoms. The van der Waals surface area contributed by atoms with E-state index in [1.165, 1.54) is 13.1 Å². The molecule has 0 aromatic carbocycles. The van der Waals surface area contributed by atoms with Gasteiger partial charge >= 0.3 is 5.97 Å². The van der Waals surface area contributed by atoms with Gasteiger partial charge in [0, 0.05) is 26.2 Å². The van der Waals surface area contributed by atoms with Gasteiger partial charge in [-0.05, 0) is 33.5 Å². The molecule has 2 N–H and O–H groups in total. The topological polar surface area (TPSA) is 55.8 Å². The van der Waals surface area contributed by atoms with Gasteiger partial charge in [0.2, 0.25) is 0 Å². The summed E-state index contributed by atoms with van der Waals surface area (Å²) in [5.41, 5.74) is 0. The average molecular weight is 259 g/mol. The average Bonchev–Trinajstić information content (AvgIpc) is 2.80. The molecule has 0 aliphatic carbocycles. The van der Waals surface area contributed by atoms with Crippen molar-refractivity contribution in [2.24, 2.45) is 0 Å². The Bertz CT molecular complexity index is 218. The normalized spacial score (nSPS) is 24.6. The first-order valence-corrected chi connectivity index (χ1v) is 6.93. The van der Waals surface area contributed by atoms with Crippen molar-refractivity contribution in [3.05, 3.63) is 0 Å². The molecule has 2 aliphatic rings. The second kappa shape index (κ2) is 10.3. The fourth-order valence-electron chi connectivity index (χ4n) is 2.00. The number of likely N-dealkylation sites (tertiary alicyclic amines) is 1. The lowest BCUT2D eigenvalue weighted by atomic mass is 10.2. The molecule has 0 unspecified atom stereocenters. The van der Waals surface area contributed by atoms with Crippen LogP contribution in [0.15, 0.2) is 0 Å². The standard InChI is InChI=1S/C6H11NO2.C5H12N2.C2H6/c1-7-4-2-3-5(7)6(8)9;1-7-4-2-6-3-5-7;1-2/h5H,2-4H2,1H3,(H,8,9);6H,2-5H2,1H3;1-2H3/t5-;;/m0../s1. The van der Waals surface area contributed by atoms with Crippen LogP contribution in [0.1, 0.15) is 26.7 Å². The van der Waals surface area contributed by atoms with Crippen molar-refractivity contribution < 1.29 is 9.90 Å². The molecule has 0 aromatic rings. The SMILES string of the molecule is CC.CN1CCC[C@H]1C(=O)O.CN1CCNCC1. The Labute approximate surface area is 111 Å². The first-order chi connectivity index (χ1) is 8.61. The lowest BCUT2D eigenvalue weighted by Gasteiger charge is -2.21. The van der Waals surface area contributed by atoms with Crippen molar-refractivity contribution in [3.8, 4) is 0 Å². The van der Waals surface area contributed by atoms with Crippen molar-refractivity contribution in [2.45, 2.75) is 32.7 Å². The summed E-state index contributed by atoms with van der Waals surface area (Å²) in [4.78, 5) is 14.6. The van der Waals surface area contributed by atoms with E-state index < -0.39 is 5.97 Å². The van der Waals surface area contributed by atoms with Crippen molar-refractivity contribution in [2.75, 3.05) is 46.8 Å². The van der Waals surface area contributed by atoms with Gasteiger partial charge in [-0.2, -0.15) is 0 Å². The Kier molecular flexibility index (Phi) is 9.92. The predicted molar refractivity (Wildman–Crippen MR) is 75.0 cm³/mol. The molecule has 0 spiro atoms. The maximum atomic E-state index is 10.4. The molecule has 2 saturated heterocycles. The Morgan fingerprint density at radius 2 is 1.72 bits per heavy atom. The highest BCUT2D eigenvalue weighted by molar-refractivity contribution is 5.73. The third-order valence-corrected chi connectivity index (χ3v) is 3.15. The number of likely N-dealkylation sites (N-methyl/N-ethyl adjacent to an activating group) is 2. The Hall–Kier alpha value is -0.650. The zero-order valence-electron chi connectivity index (χ0n) is 12.3. The van der Waals surface area contributed by atoms with Gasteiger partial charge in [-0.25, -0.2) is 0 Å². The maximum Gasteiger partial charge on any atom is 0.320 e. The minimum atomic E-state index is -0.685. The fourth-order valence-corrected chi connectivity index (χ4v) is 2.00. The molecule has 5 nitrogen and oxygen atoms in total. The monoisotopic (exact) mass is 259 g/mol. The zero-order valence-corrected chi connectivity index (χ0v) is 12.3. The van der Waals surface area contributed by atoms with Gasteiger partial charge in [0.25, 0.3) is 0 Å². The summed E-state index contributed by atoms with van der Waals surface area (Å²) in [5, 5.41) is 11.8. The van der Waals surface area contributed by atoms with Gasteiger partial charge < -0.3 is 15.3 Å². The molecule has 108 valence electrons. The molecular weight excluding hydrogens is 230 g/mol. The number of piperazine rings is 1. The van der Waals surface area contributed by atoms with E-state index in [0.717, 1.165) is 32.5 Å². The van der Waals surface area contributed by atoms with E-state index >= 15 is 0 Å². The first-order valence-electron chi connectivity index (χ1n) is 6.93. The molecule has 2 rings (SSSR count). The molecule has 0 saturated carbocycles. The van der Waals surface area contributed by atoms with Crippen LogP contribution in [0.25, 0.3) is 0 Å².